The first-order chi connectivity index (χ1) is 8.19. The van der Waals surface area contributed by atoms with Crippen molar-refractivity contribution in [1.29, 1.82) is 0 Å². The van der Waals surface area contributed by atoms with Crippen molar-refractivity contribution in [3.05, 3.63) is 18.2 Å². The van der Waals surface area contributed by atoms with Crippen LogP contribution in [0.1, 0.15) is 6.92 Å². The van der Waals surface area contributed by atoms with E-state index in [-0.39, 0.29) is 0 Å². The highest BCUT2D eigenvalue weighted by Gasteiger charge is 2.07. The minimum absolute atomic E-state index is 0.403. The lowest BCUT2D eigenvalue weighted by Crippen LogP contribution is -2.15. The number of fused-ring (bicyclic) bond motifs is 1. The Balaban J connectivity index is 2.04. The van der Waals surface area contributed by atoms with Gasteiger partial charge in [0.15, 0.2) is 5.58 Å². The molecule has 1 unspecified atom stereocenters. The zero-order valence-electron chi connectivity index (χ0n) is 10.1. The van der Waals surface area contributed by atoms with Crippen LogP contribution >= 0.6 is 0 Å². The molecule has 0 aliphatic heterocycles. The van der Waals surface area contributed by atoms with E-state index in [1.54, 1.807) is 19.2 Å². The second-order valence-corrected chi connectivity index (χ2v) is 4.19. The van der Waals surface area contributed by atoms with Crippen LogP contribution in [-0.4, -0.2) is 25.2 Å². The van der Waals surface area contributed by atoms with Crippen LogP contribution in [0.3, 0.4) is 0 Å². The number of methoxy groups -OCH3 is 1. The number of oxazole rings is 1. The fourth-order valence-electron chi connectivity index (χ4n) is 1.63. The van der Waals surface area contributed by atoms with Gasteiger partial charge in [0.2, 0.25) is 0 Å². The number of rotatable bonds is 5. The fourth-order valence-corrected chi connectivity index (χ4v) is 1.63. The molecule has 0 aliphatic carbocycles. The molecule has 0 radical (unpaired) electrons. The molecule has 2 rings (SSSR count). The van der Waals surface area contributed by atoms with Crippen molar-refractivity contribution in [2.45, 2.75) is 6.92 Å². The van der Waals surface area contributed by atoms with Crippen LogP contribution in [0.15, 0.2) is 22.6 Å². The van der Waals surface area contributed by atoms with E-state index in [2.05, 4.69) is 17.2 Å². The Kier molecular flexibility index (Phi) is 3.49. The predicted molar refractivity (Wildman–Crippen MR) is 68.0 cm³/mol. The Labute approximate surface area is 100.0 Å². The first-order valence-electron chi connectivity index (χ1n) is 5.58. The smallest absolute Gasteiger partial charge is 0.295 e. The molecule has 0 bridgehead atoms. The molecule has 5 nitrogen and oxygen atoms in total. The van der Waals surface area contributed by atoms with Gasteiger partial charge in [0.1, 0.15) is 5.52 Å². The first kappa shape index (κ1) is 11.7. The van der Waals surface area contributed by atoms with E-state index in [0.29, 0.717) is 24.2 Å². The van der Waals surface area contributed by atoms with Crippen molar-refractivity contribution in [2.75, 3.05) is 31.3 Å². The standard InChI is InChI=1S/C12H17N3O2/c1-8(7-16-2)6-14-12-15-10-5-9(13)3-4-11(10)17-12/h3-5,8H,6-7,13H2,1-2H3,(H,14,15). The molecule has 3 N–H and O–H groups in total. The van der Waals surface area contributed by atoms with Crippen molar-refractivity contribution in [3.8, 4) is 0 Å². The Morgan fingerprint density at radius 3 is 3.12 bits per heavy atom. The number of hydrogen-bond acceptors (Lipinski definition) is 5. The molecule has 5 heteroatoms. The van der Waals surface area contributed by atoms with Gasteiger partial charge in [0, 0.05) is 19.3 Å². The average molecular weight is 235 g/mol. The summed E-state index contributed by atoms with van der Waals surface area (Å²) in [6, 6.07) is 5.93. The molecular formula is C12H17N3O2. The van der Waals surface area contributed by atoms with Crippen LogP contribution in [0, 0.1) is 5.92 Å². The van der Waals surface area contributed by atoms with E-state index in [4.69, 9.17) is 14.9 Å². The topological polar surface area (TPSA) is 73.3 Å². The molecule has 0 saturated carbocycles. The number of anilines is 2. The SMILES string of the molecule is COCC(C)CNc1nc2cc(N)ccc2o1. The molecule has 0 aliphatic rings. The molecular weight excluding hydrogens is 218 g/mol. The Bertz CT molecular complexity index is 495. The minimum atomic E-state index is 0.403. The Morgan fingerprint density at radius 1 is 1.53 bits per heavy atom. The van der Waals surface area contributed by atoms with E-state index in [1.807, 2.05) is 6.07 Å². The first-order valence-corrected chi connectivity index (χ1v) is 5.58. The highest BCUT2D eigenvalue weighted by Crippen LogP contribution is 2.20. The van der Waals surface area contributed by atoms with Crippen molar-refractivity contribution in [1.82, 2.24) is 4.98 Å². The van der Waals surface area contributed by atoms with Crippen LogP contribution in [0.25, 0.3) is 11.1 Å². The average Bonchev–Trinajstić information content (AvgIpc) is 2.68. The van der Waals surface area contributed by atoms with E-state index >= 15 is 0 Å². The number of aromatic nitrogens is 1. The summed E-state index contributed by atoms with van der Waals surface area (Å²) < 4.78 is 10.6. The van der Waals surface area contributed by atoms with E-state index in [0.717, 1.165) is 17.6 Å². The van der Waals surface area contributed by atoms with Gasteiger partial charge in [0.25, 0.3) is 6.01 Å². The van der Waals surface area contributed by atoms with Gasteiger partial charge < -0.3 is 20.2 Å². The number of hydrogen-bond donors (Lipinski definition) is 2. The van der Waals surface area contributed by atoms with Crippen LogP contribution in [0.2, 0.25) is 0 Å². The quantitative estimate of drug-likeness (QED) is 0.776. The highest BCUT2D eigenvalue weighted by molar-refractivity contribution is 5.78. The zero-order chi connectivity index (χ0) is 12.3. The molecule has 1 atom stereocenters. The maximum absolute atomic E-state index is 5.68. The van der Waals surface area contributed by atoms with Gasteiger partial charge in [-0.3, -0.25) is 0 Å². The van der Waals surface area contributed by atoms with Gasteiger partial charge in [-0.1, -0.05) is 6.92 Å². The van der Waals surface area contributed by atoms with Crippen molar-refractivity contribution >= 4 is 22.8 Å². The minimum Gasteiger partial charge on any atom is -0.424 e. The van der Waals surface area contributed by atoms with E-state index in [1.165, 1.54) is 0 Å². The molecule has 2 aromatic rings. The highest BCUT2D eigenvalue weighted by atomic mass is 16.5. The summed E-state index contributed by atoms with van der Waals surface area (Å²) in [4.78, 5) is 4.31. The number of nitrogens with one attached hydrogen (secondary N) is 1. The zero-order valence-corrected chi connectivity index (χ0v) is 10.1. The molecule has 0 fully saturated rings. The summed E-state index contributed by atoms with van der Waals surface area (Å²) in [5.41, 5.74) is 7.87. The monoisotopic (exact) mass is 235 g/mol. The maximum Gasteiger partial charge on any atom is 0.295 e. The van der Waals surface area contributed by atoms with Crippen LogP contribution < -0.4 is 11.1 Å². The van der Waals surface area contributed by atoms with Gasteiger partial charge in [-0.2, -0.15) is 4.98 Å². The lowest BCUT2D eigenvalue weighted by Gasteiger charge is -2.09. The molecule has 0 amide bonds. The normalized spacial score (nSPS) is 12.8. The molecule has 0 saturated heterocycles. The molecule has 17 heavy (non-hydrogen) atoms. The van der Waals surface area contributed by atoms with Gasteiger partial charge in [-0.05, 0) is 24.1 Å². The van der Waals surface area contributed by atoms with Crippen molar-refractivity contribution < 1.29 is 9.15 Å². The van der Waals surface area contributed by atoms with Crippen molar-refractivity contribution in [2.24, 2.45) is 5.92 Å². The third-order valence-electron chi connectivity index (χ3n) is 2.46. The lowest BCUT2D eigenvalue weighted by atomic mass is 10.2. The Hall–Kier alpha value is -1.75. The molecule has 1 aromatic heterocycles. The van der Waals surface area contributed by atoms with Crippen molar-refractivity contribution in [3.63, 3.8) is 0 Å². The van der Waals surface area contributed by atoms with E-state index in [9.17, 15) is 0 Å². The molecule has 92 valence electrons. The number of ether oxygens (including phenoxy) is 1. The van der Waals surface area contributed by atoms with Gasteiger partial charge in [-0.25, -0.2) is 0 Å². The van der Waals surface area contributed by atoms with Gasteiger partial charge >= 0.3 is 0 Å². The van der Waals surface area contributed by atoms with Gasteiger partial charge in [0.05, 0.1) is 6.61 Å². The number of nitrogens with zero attached hydrogens (tertiary/aromatic N) is 1. The number of nitrogen functional groups attached to an aromatic ring is 1. The summed E-state index contributed by atoms with van der Waals surface area (Å²) in [6.45, 7) is 3.56. The molecule has 1 heterocycles. The largest absolute Gasteiger partial charge is 0.424 e. The summed E-state index contributed by atoms with van der Waals surface area (Å²) in [6.07, 6.45) is 0. The third-order valence-corrected chi connectivity index (χ3v) is 2.46. The molecule has 1 aromatic carbocycles. The van der Waals surface area contributed by atoms with Crippen LogP contribution in [0.5, 0.6) is 0 Å². The summed E-state index contributed by atoms with van der Waals surface area (Å²) >= 11 is 0. The second-order valence-electron chi connectivity index (χ2n) is 4.19. The van der Waals surface area contributed by atoms with Gasteiger partial charge in [-0.15, -0.1) is 0 Å². The molecule has 0 spiro atoms. The van der Waals surface area contributed by atoms with Crippen LogP contribution in [0.4, 0.5) is 11.7 Å². The van der Waals surface area contributed by atoms with Crippen LogP contribution in [-0.2, 0) is 4.74 Å². The Morgan fingerprint density at radius 2 is 2.35 bits per heavy atom. The maximum atomic E-state index is 5.68. The summed E-state index contributed by atoms with van der Waals surface area (Å²) in [5.74, 6) is 0.403. The predicted octanol–water partition coefficient (Wildman–Crippen LogP) is 2.10. The summed E-state index contributed by atoms with van der Waals surface area (Å²) in [5, 5.41) is 3.14. The number of benzene rings is 1. The lowest BCUT2D eigenvalue weighted by molar-refractivity contribution is 0.164. The fraction of sp³-hybridized carbons (Fsp3) is 0.417. The van der Waals surface area contributed by atoms with E-state index < -0.39 is 0 Å². The third kappa shape index (κ3) is 2.88. The number of nitrogens with two attached hydrogens (primary N) is 1. The second kappa shape index (κ2) is 5.05. The summed E-state index contributed by atoms with van der Waals surface area (Å²) in [7, 11) is 1.69.